The molecule has 0 radical (unpaired) electrons. The van der Waals surface area contributed by atoms with Crippen LogP contribution in [-0.4, -0.2) is 42.4 Å². The largest absolute Gasteiger partial charge is 0.491 e. The van der Waals surface area contributed by atoms with E-state index in [9.17, 15) is 5.11 Å². The molecule has 0 aromatic heterocycles. The lowest BCUT2D eigenvalue weighted by molar-refractivity contribution is 0.105. The summed E-state index contributed by atoms with van der Waals surface area (Å²) < 4.78 is 5.54. The van der Waals surface area contributed by atoms with Gasteiger partial charge in [0.2, 0.25) is 0 Å². The number of ether oxygens (including phenoxy) is 1. The van der Waals surface area contributed by atoms with Crippen molar-refractivity contribution < 1.29 is 9.84 Å². The zero-order valence-corrected chi connectivity index (χ0v) is 13.2. The summed E-state index contributed by atoms with van der Waals surface area (Å²) >= 11 is 7.73. The molecule has 0 saturated heterocycles. The molecule has 108 valence electrons. The standard InChI is InChI=1S/C14H22ClNO2S/c1-10-6-13(4-5-14(10)15)18-8-12(17)7-16-11(2)9-19-3/h4-6,11-12,16-17H,7-9H2,1-3H3. The minimum absolute atomic E-state index is 0.278. The zero-order chi connectivity index (χ0) is 14.3. The molecule has 19 heavy (non-hydrogen) atoms. The van der Waals surface area contributed by atoms with Gasteiger partial charge in [-0.05, 0) is 43.9 Å². The Hall–Kier alpha value is -0.420. The lowest BCUT2D eigenvalue weighted by Gasteiger charge is -2.17. The van der Waals surface area contributed by atoms with Crippen molar-refractivity contribution in [3.8, 4) is 5.75 Å². The molecule has 2 atom stereocenters. The molecule has 5 heteroatoms. The smallest absolute Gasteiger partial charge is 0.119 e. The molecule has 2 N–H and O–H groups in total. The Morgan fingerprint density at radius 3 is 2.84 bits per heavy atom. The third kappa shape index (κ3) is 6.52. The van der Waals surface area contributed by atoms with Crippen LogP contribution >= 0.6 is 23.4 Å². The van der Waals surface area contributed by atoms with Gasteiger partial charge in [-0.2, -0.15) is 11.8 Å². The summed E-state index contributed by atoms with van der Waals surface area (Å²) in [6.45, 7) is 4.85. The van der Waals surface area contributed by atoms with Crippen molar-refractivity contribution in [1.29, 1.82) is 0 Å². The van der Waals surface area contributed by atoms with E-state index in [2.05, 4.69) is 18.5 Å². The zero-order valence-electron chi connectivity index (χ0n) is 11.6. The third-order valence-electron chi connectivity index (χ3n) is 2.69. The average molecular weight is 304 g/mol. The number of hydrogen-bond acceptors (Lipinski definition) is 4. The van der Waals surface area contributed by atoms with Crippen molar-refractivity contribution in [1.82, 2.24) is 5.32 Å². The molecular formula is C14H22ClNO2S. The van der Waals surface area contributed by atoms with Crippen LogP contribution < -0.4 is 10.1 Å². The van der Waals surface area contributed by atoms with E-state index in [1.165, 1.54) is 0 Å². The van der Waals surface area contributed by atoms with Crippen molar-refractivity contribution >= 4 is 23.4 Å². The first-order valence-corrected chi connectivity index (χ1v) is 8.09. The third-order valence-corrected chi connectivity index (χ3v) is 3.95. The lowest BCUT2D eigenvalue weighted by atomic mass is 10.2. The van der Waals surface area contributed by atoms with Crippen LogP contribution in [0.15, 0.2) is 18.2 Å². The second kappa shape index (κ2) is 8.69. The molecule has 2 unspecified atom stereocenters. The van der Waals surface area contributed by atoms with Gasteiger partial charge in [0.15, 0.2) is 0 Å². The van der Waals surface area contributed by atoms with Crippen LogP contribution in [0.3, 0.4) is 0 Å². The van der Waals surface area contributed by atoms with E-state index >= 15 is 0 Å². The number of hydrogen-bond donors (Lipinski definition) is 2. The Labute approximate surface area is 124 Å². The Balaban J connectivity index is 2.29. The van der Waals surface area contributed by atoms with Crippen LogP contribution in [0.5, 0.6) is 5.75 Å². The minimum Gasteiger partial charge on any atom is -0.491 e. The van der Waals surface area contributed by atoms with Gasteiger partial charge in [-0.15, -0.1) is 0 Å². The molecular weight excluding hydrogens is 282 g/mol. The van der Waals surface area contributed by atoms with Gasteiger partial charge in [0, 0.05) is 23.4 Å². The van der Waals surface area contributed by atoms with Gasteiger partial charge >= 0.3 is 0 Å². The van der Waals surface area contributed by atoms with E-state index in [1.807, 2.05) is 19.1 Å². The first kappa shape index (κ1) is 16.6. The fourth-order valence-corrected chi connectivity index (χ4v) is 2.34. The second-order valence-electron chi connectivity index (χ2n) is 4.64. The molecule has 1 aromatic carbocycles. The summed E-state index contributed by atoms with van der Waals surface area (Å²) in [5, 5.41) is 13.8. The Morgan fingerprint density at radius 1 is 1.47 bits per heavy atom. The molecule has 0 fully saturated rings. The van der Waals surface area contributed by atoms with Crippen molar-refractivity contribution in [2.24, 2.45) is 0 Å². The molecule has 0 spiro atoms. The summed E-state index contributed by atoms with van der Waals surface area (Å²) in [4.78, 5) is 0. The molecule has 0 bridgehead atoms. The van der Waals surface area contributed by atoms with Crippen LogP contribution in [0, 0.1) is 6.92 Å². The Morgan fingerprint density at radius 2 is 2.21 bits per heavy atom. The van der Waals surface area contributed by atoms with Crippen LogP contribution in [-0.2, 0) is 0 Å². The molecule has 1 rings (SSSR count). The van der Waals surface area contributed by atoms with Gasteiger partial charge in [0.05, 0.1) is 0 Å². The first-order chi connectivity index (χ1) is 9.02. The number of rotatable bonds is 8. The predicted molar refractivity (Wildman–Crippen MR) is 83.5 cm³/mol. The molecule has 0 aliphatic carbocycles. The average Bonchev–Trinajstić information content (AvgIpc) is 2.38. The number of benzene rings is 1. The van der Waals surface area contributed by atoms with E-state index in [0.717, 1.165) is 22.1 Å². The highest BCUT2D eigenvalue weighted by Crippen LogP contribution is 2.21. The minimum atomic E-state index is -0.514. The van der Waals surface area contributed by atoms with Gasteiger partial charge in [0.25, 0.3) is 0 Å². The van der Waals surface area contributed by atoms with E-state index in [4.69, 9.17) is 16.3 Å². The van der Waals surface area contributed by atoms with Gasteiger partial charge < -0.3 is 15.2 Å². The van der Waals surface area contributed by atoms with E-state index in [-0.39, 0.29) is 6.61 Å². The normalized spacial score (nSPS) is 14.2. The van der Waals surface area contributed by atoms with Crippen molar-refractivity contribution in [2.75, 3.05) is 25.2 Å². The highest BCUT2D eigenvalue weighted by Gasteiger charge is 2.08. The number of thioether (sulfide) groups is 1. The topological polar surface area (TPSA) is 41.5 Å². The molecule has 0 saturated carbocycles. The molecule has 0 aliphatic rings. The molecule has 0 amide bonds. The monoisotopic (exact) mass is 303 g/mol. The predicted octanol–water partition coefficient (Wildman–Crippen LogP) is 2.73. The summed E-state index contributed by atoms with van der Waals surface area (Å²) in [5.74, 6) is 1.77. The number of aliphatic hydroxyl groups excluding tert-OH is 1. The quantitative estimate of drug-likeness (QED) is 0.775. The second-order valence-corrected chi connectivity index (χ2v) is 5.96. The van der Waals surface area contributed by atoms with Crippen molar-refractivity contribution in [3.63, 3.8) is 0 Å². The van der Waals surface area contributed by atoms with E-state index in [1.54, 1.807) is 17.8 Å². The summed E-state index contributed by atoms with van der Waals surface area (Å²) in [5.41, 5.74) is 0.973. The van der Waals surface area contributed by atoms with Crippen LogP contribution in [0.2, 0.25) is 5.02 Å². The van der Waals surface area contributed by atoms with Gasteiger partial charge in [0.1, 0.15) is 18.5 Å². The fourth-order valence-electron chi connectivity index (χ4n) is 1.60. The maximum absolute atomic E-state index is 9.83. The molecule has 1 aromatic rings. The highest BCUT2D eigenvalue weighted by atomic mass is 35.5. The van der Waals surface area contributed by atoms with Gasteiger partial charge in [-0.25, -0.2) is 0 Å². The summed E-state index contributed by atoms with van der Waals surface area (Å²) in [6, 6.07) is 5.88. The van der Waals surface area contributed by atoms with Crippen LogP contribution in [0.4, 0.5) is 0 Å². The van der Waals surface area contributed by atoms with Gasteiger partial charge in [-0.1, -0.05) is 11.6 Å². The van der Waals surface area contributed by atoms with Crippen LogP contribution in [0.25, 0.3) is 0 Å². The number of halogens is 1. The van der Waals surface area contributed by atoms with E-state index < -0.39 is 6.10 Å². The fraction of sp³-hybridized carbons (Fsp3) is 0.571. The molecule has 3 nitrogen and oxygen atoms in total. The highest BCUT2D eigenvalue weighted by molar-refractivity contribution is 7.98. The summed E-state index contributed by atoms with van der Waals surface area (Å²) in [6.07, 6.45) is 1.56. The maximum Gasteiger partial charge on any atom is 0.119 e. The SMILES string of the molecule is CSCC(C)NCC(O)COc1ccc(Cl)c(C)c1. The first-order valence-electron chi connectivity index (χ1n) is 6.32. The van der Waals surface area contributed by atoms with E-state index in [0.29, 0.717) is 12.6 Å². The number of aliphatic hydroxyl groups is 1. The van der Waals surface area contributed by atoms with Gasteiger partial charge in [-0.3, -0.25) is 0 Å². The number of nitrogens with one attached hydrogen (secondary N) is 1. The van der Waals surface area contributed by atoms with Crippen LogP contribution in [0.1, 0.15) is 12.5 Å². The van der Waals surface area contributed by atoms with Crippen molar-refractivity contribution in [3.05, 3.63) is 28.8 Å². The van der Waals surface area contributed by atoms with Crippen molar-refractivity contribution in [2.45, 2.75) is 26.0 Å². The number of aryl methyl sites for hydroxylation is 1. The lowest BCUT2D eigenvalue weighted by Crippen LogP contribution is -2.37. The Bertz CT molecular complexity index is 390. The maximum atomic E-state index is 9.83. The molecule has 0 aliphatic heterocycles. The summed E-state index contributed by atoms with van der Waals surface area (Å²) in [7, 11) is 0. The molecule has 0 heterocycles. The Kier molecular flexibility index (Phi) is 7.61.